The number of nitrogens with zero attached hydrogens (tertiary/aromatic N) is 1. The Morgan fingerprint density at radius 3 is 1.38 bits per heavy atom. The van der Waals surface area contributed by atoms with Gasteiger partial charge in [-0.2, -0.15) is 0 Å². The van der Waals surface area contributed by atoms with Gasteiger partial charge in [0, 0.05) is 11.1 Å². The maximum Gasteiger partial charge on any atom is 0.268 e. The summed E-state index contributed by atoms with van der Waals surface area (Å²) in [4.78, 5) is 0.110. The van der Waals surface area contributed by atoms with Crippen LogP contribution in [0.25, 0.3) is 11.4 Å². The largest absolute Gasteiger partial charge is 0.277 e. The van der Waals surface area contributed by atoms with E-state index in [1.165, 1.54) is 28.6 Å². The quantitative estimate of drug-likeness (QED) is 0.210. The maximum absolute atomic E-state index is 14.4. The minimum atomic E-state index is -4.23. The molecule has 5 aromatic carbocycles. The molecule has 0 spiro atoms. The normalized spacial score (nSPS) is 12.3. The van der Waals surface area contributed by atoms with Gasteiger partial charge in [-0.3, -0.25) is 4.72 Å². The first-order valence-corrected chi connectivity index (χ1v) is 15.4. The molecule has 1 N–H and O–H groups in total. The molecule has 5 aromatic rings. The summed E-state index contributed by atoms with van der Waals surface area (Å²) in [5.74, 6) is 0. The molecule has 0 atom stereocenters. The van der Waals surface area contributed by atoms with Crippen LogP contribution in [0.4, 0.5) is 5.69 Å². The van der Waals surface area contributed by atoms with Gasteiger partial charge >= 0.3 is 0 Å². The molecule has 0 aliphatic rings. The Balaban J connectivity index is 1.88. The number of para-hydroxylation sites is 1. The van der Waals surface area contributed by atoms with Gasteiger partial charge in [-0.15, -0.1) is 0 Å². The van der Waals surface area contributed by atoms with Crippen LogP contribution in [0.1, 0.15) is 11.1 Å². The van der Waals surface area contributed by atoms with Crippen molar-refractivity contribution in [3.8, 4) is 0 Å². The lowest BCUT2D eigenvalue weighted by Gasteiger charge is -2.30. The van der Waals surface area contributed by atoms with Crippen molar-refractivity contribution in [2.45, 2.75) is 9.79 Å². The molecule has 0 amide bonds. The molecular formula is C32H26N2O4S2. The van der Waals surface area contributed by atoms with E-state index >= 15 is 0 Å². The highest BCUT2D eigenvalue weighted by Crippen LogP contribution is 2.37. The van der Waals surface area contributed by atoms with E-state index in [0.717, 1.165) is 0 Å². The number of sulfonamides is 2. The zero-order chi connectivity index (χ0) is 28.0. The second-order valence-electron chi connectivity index (χ2n) is 8.79. The van der Waals surface area contributed by atoms with Gasteiger partial charge in [0.25, 0.3) is 20.0 Å². The Hall–Kier alpha value is -4.66. The van der Waals surface area contributed by atoms with E-state index in [9.17, 15) is 16.8 Å². The van der Waals surface area contributed by atoms with Crippen LogP contribution in [0.3, 0.4) is 0 Å². The zero-order valence-electron chi connectivity index (χ0n) is 21.3. The highest BCUT2D eigenvalue weighted by atomic mass is 32.2. The molecule has 0 saturated heterocycles. The summed E-state index contributed by atoms with van der Waals surface area (Å²) in [5.41, 5.74) is 1.60. The van der Waals surface area contributed by atoms with E-state index in [0.29, 0.717) is 16.8 Å². The molecule has 40 heavy (non-hydrogen) atoms. The molecule has 0 aromatic heterocycles. The highest BCUT2D eigenvalue weighted by molar-refractivity contribution is 7.93. The molecule has 0 unspecified atom stereocenters. The van der Waals surface area contributed by atoms with E-state index < -0.39 is 20.0 Å². The summed E-state index contributed by atoms with van der Waals surface area (Å²) >= 11 is 0. The van der Waals surface area contributed by atoms with Gasteiger partial charge in [-0.25, -0.2) is 21.1 Å². The first kappa shape index (κ1) is 26.9. The fourth-order valence-electron chi connectivity index (χ4n) is 4.25. The van der Waals surface area contributed by atoms with Gasteiger partial charge in [-0.1, -0.05) is 115 Å². The summed E-state index contributed by atoms with van der Waals surface area (Å²) < 4.78 is 60.2. The van der Waals surface area contributed by atoms with Crippen LogP contribution in [0, 0.1) is 0 Å². The van der Waals surface area contributed by atoms with Crippen molar-refractivity contribution in [3.05, 3.63) is 163 Å². The fourth-order valence-corrected chi connectivity index (χ4v) is 6.91. The van der Waals surface area contributed by atoms with E-state index in [1.807, 2.05) is 12.1 Å². The number of nitrogens with one attached hydrogen (secondary N) is 1. The number of hydrogen-bond acceptors (Lipinski definition) is 4. The Labute approximate surface area is 235 Å². The van der Waals surface area contributed by atoms with E-state index in [-0.39, 0.29) is 21.2 Å². The van der Waals surface area contributed by atoms with E-state index in [4.69, 9.17) is 0 Å². The van der Waals surface area contributed by atoms with Gasteiger partial charge in [-0.05, 0) is 36.4 Å². The Morgan fingerprint density at radius 2 is 0.875 bits per heavy atom. The monoisotopic (exact) mass is 566 g/mol. The topological polar surface area (TPSA) is 83.6 Å². The first-order chi connectivity index (χ1) is 19.4. The van der Waals surface area contributed by atoms with Crippen molar-refractivity contribution in [1.82, 2.24) is 4.72 Å². The Kier molecular flexibility index (Phi) is 7.82. The predicted octanol–water partition coefficient (Wildman–Crippen LogP) is 6.39. The Morgan fingerprint density at radius 1 is 0.475 bits per heavy atom. The van der Waals surface area contributed by atoms with Crippen molar-refractivity contribution >= 4 is 37.1 Å². The maximum atomic E-state index is 14.4. The molecule has 0 saturated carbocycles. The average molecular weight is 567 g/mol. The van der Waals surface area contributed by atoms with Crippen LogP contribution >= 0.6 is 0 Å². The molecule has 200 valence electrons. The molecular weight excluding hydrogens is 540 g/mol. The van der Waals surface area contributed by atoms with Crippen molar-refractivity contribution in [2.24, 2.45) is 0 Å². The van der Waals surface area contributed by atoms with Gasteiger partial charge in [0.1, 0.15) is 0 Å². The molecule has 0 aliphatic heterocycles. The third kappa shape index (κ3) is 5.68. The first-order valence-electron chi connectivity index (χ1n) is 12.5. The molecule has 8 heteroatoms. The molecule has 5 rings (SSSR count). The summed E-state index contributed by atoms with van der Waals surface area (Å²) in [6, 6.07) is 42.4. The minimum absolute atomic E-state index is 0.0491. The molecule has 6 nitrogen and oxygen atoms in total. The highest BCUT2D eigenvalue weighted by Gasteiger charge is 2.33. The number of rotatable bonds is 9. The van der Waals surface area contributed by atoms with Crippen LogP contribution < -0.4 is 9.03 Å². The van der Waals surface area contributed by atoms with Crippen LogP contribution in [0.5, 0.6) is 0 Å². The lowest BCUT2D eigenvalue weighted by Crippen LogP contribution is -2.33. The summed E-state index contributed by atoms with van der Waals surface area (Å²) in [7, 11) is -8.35. The standard InChI is InChI=1S/C32H26N2O4S2/c35-39(36,29-22-12-4-13-23-29)33-31(26-16-6-1-7-17-26)32(27-18-8-2-9-19-27)34(28-20-10-3-11-21-28)40(37,38)30-24-14-5-15-25-30/h1-25,33H. The van der Waals surface area contributed by atoms with Crippen molar-refractivity contribution < 1.29 is 16.8 Å². The second-order valence-corrected chi connectivity index (χ2v) is 12.3. The zero-order valence-corrected chi connectivity index (χ0v) is 23.0. The third-order valence-corrected chi connectivity index (χ3v) is 9.22. The van der Waals surface area contributed by atoms with Crippen LogP contribution in [-0.2, 0) is 20.0 Å². The number of hydrogen-bond donors (Lipinski definition) is 1. The summed E-state index contributed by atoms with van der Waals surface area (Å²) in [6.07, 6.45) is 0. The molecule has 0 fully saturated rings. The summed E-state index contributed by atoms with van der Waals surface area (Å²) in [6.45, 7) is 0. The average Bonchev–Trinajstić information content (AvgIpc) is 3.01. The minimum Gasteiger partial charge on any atom is -0.277 e. The summed E-state index contributed by atoms with van der Waals surface area (Å²) in [5, 5.41) is 0. The van der Waals surface area contributed by atoms with E-state index in [2.05, 4.69) is 4.72 Å². The fraction of sp³-hybridized carbons (Fsp3) is 0. The van der Waals surface area contributed by atoms with Crippen LogP contribution in [0.15, 0.2) is 161 Å². The second kappa shape index (κ2) is 11.6. The van der Waals surface area contributed by atoms with Gasteiger partial charge in [0.2, 0.25) is 0 Å². The van der Waals surface area contributed by atoms with Crippen LogP contribution in [0.2, 0.25) is 0 Å². The molecule has 0 aliphatic carbocycles. The van der Waals surface area contributed by atoms with Gasteiger partial charge in [0.15, 0.2) is 0 Å². The predicted molar refractivity (Wildman–Crippen MR) is 159 cm³/mol. The van der Waals surface area contributed by atoms with Gasteiger partial charge in [0.05, 0.1) is 26.9 Å². The van der Waals surface area contributed by atoms with Crippen molar-refractivity contribution in [3.63, 3.8) is 0 Å². The number of anilines is 1. The molecule has 0 bridgehead atoms. The lowest BCUT2D eigenvalue weighted by molar-refractivity contribution is 0.590. The SMILES string of the molecule is O=S(=O)(NC(=C(c1ccccc1)N(c1ccccc1)S(=O)(=O)c1ccccc1)c1ccccc1)c1ccccc1. The number of benzene rings is 5. The van der Waals surface area contributed by atoms with Crippen molar-refractivity contribution in [2.75, 3.05) is 4.31 Å². The third-order valence-electron chi connectivity index (χ3n) is 6.11. The molecule has 0 radical (unpaired) electrons. The lowest BCUT2D eigenvalue weighted by atomic mass is 10.0. The van der Waals surface area contributed by atoms with Gasteiger partial charge < -0.3 is 0 Å². The van der Waals surface area contributed by atoms with Crippen LogP contribution in [-0.4, -0.2) is 16.8 Å². The Bertz CT molecular complexity index is 1810. The van der Waals surface area contributed by atoms with Crippen molar-refractivity contribution in [1.29, 1.82) is 0 Å². The smallest absolute Gasteiger partial charge is 0.268 e. The molecule has 0 heterocycles. The van der Waals surface area contributed by atoms with E-state index in [1.54, 1.807) is 115 Å².